The van der Waals surface area contributed by atoms with Gasteiger partial charge in [0.15, 0.2) is 0 Å². The van der Waals surface area contributed by atoms with Gasteiger partial charge in [-0.15, -0.1) is 0 Å². The van der Waals surface area contributed by atoms with E-state index in [0.29, 0.717) is 25.5 Å². The highest BCUT2D eigenvalue weighted by Gasteiger charge is 2.08. The molecule has 0 saturated heterocycles. The molecule has 5 nitrogen and oxygen atoms in total. The molecule has 1 rings (SSSR count). The van der Waals surface area contributed by atoms with Crippen molar-refractivity contribution in [2.75, 3.05) is 25.6 Å². The summed E-state index contributed by atoms with van der Waals surface area (Å²) in [7, 11) is 1.58. The van der Waals surface area contributed by atoms with Gasteiger partial charge in [-0.1, -0.05) is 13.8 Å². The SMILES string of the molecule is COCC(O)CCNc1nc(C(C)C)ns1. The van der Waals surface area contributed by atoms with Crippen molar-refractivity contribution in [1.29, 1.82) is 0 Å². The minimum Gasteiger partial charge on any atom is -0.391 e. The average Bonchev–Trinajstić information content (AvgIpc) is 2.67. The Morgan fingerprint density at radius 1 is 1.50 bits per heavy atom. The molecule has 1 atom stereocenters. The summed E-state index contributed by atoms with van der Waals surface area (Å²) in [5.41, 5.74) is 0. The van der Waals surface area contributed by atoms with Crippen LogP contribution >= 0.6 is 11.5 Å². The maximum atomic E-state index is 9.42. The molecule has 1 unspecified atom stereocenters. The Hall–Kier alpha value is -0.720. The third-order valence-electron chi connectivity index (χ3n) is 2.07. The van der Waals surface area contributed by atoms with Crippen molar-refractivity contribution in [3.05, 3.63) is 5.82 Å². The van der Waals surface area contributed by atoms with Crippen LogP contribution in [-0.4, -0.2) is 40.8 Å². The molecule has 0 aliphatic rings. The first kappa shape index (κ1) is 13.3. The van der Waals surface area contributed by atoms with E-state index in [2.05, 4.69) is 28.5 Å². The summed E-state index contributed by atoms with van der Waals surface area (Å²) in [6, 6.07) is 0. The van der Waals surface area contributed by atoms with Gasteiger partial charge in [0.05, 0.1) is 12.7 Å². The zero-order valence-electron chi connectivity index (χ0n) is 9.93. The second kappa shape index (κ2) is 6.78. The van der Waals surface area contributed by atoms with Gasteiger partial charge in [-0.2, -0.15) is 4.37 Å². The van der Waals surface area contributed by atoms with Gasteiger partial charge in [0.25, 0.3) is 0 Å². The quantitative estimate of drug-likeness (QED) is 0.761. The van der Waals surface area contributed by atoms with E-state index in [1.165, 1.54) is 11.5 Å². The van der Waals surface area contributed by atoms with Crippen LogP contribution < -0.4 is 5.32 Å². The summed E-state index contributed by atoms with van der Waals surface area (Å²) in [6.07, 6.45) is 0.222. The molecule has 0 aromatic carbocycles. The molecule has 0 aliphatic heterocycles. The van der Waals surface area contributed by atoms with Crippen molar-refractivity contribution in [1.82, 2.24) is 9.36 Å². The van der Waals surface area contributed by atoms with Gasteiger partial charge in [-0.05, 0) is 6.42 Å². The van der Waals surface area contributed by atoms with Crippen LogP contribution in [0.4, 0.5) is 5.13 Å². The second-order valence-corrected chi connectivity index (χ2v) is 4.69. The van der Waals surface area contributed by atoms with Crippen LogP contribution in [0.15, 0.2) is 0 Å². The highest BCUT2D eigenvalue weighted by atomic mass is 32.1. The van der Waals surface area contributed by atoms with Crippen molar-refractivity contribution in [3.63, 3.8) is 0 Å². The Kier molecular flexibility index (Phi) is 5.65. The summed E-state index contributed by atoms with van der Waals surface area (Å²) in [5, 5.41) is 13.4. The lowest BCUT2D eigenvalue weighted by Gasteiger charge is -2.08. The first-order chi connectivity index (χ1) is 7.63. The molecule has 0 amide bonds. The highest BCUT2D eigenvalue weighted by molar-refractivity contribution is 7.09. The topological polar surface area (TPSA) is 67.3 Å². The lowest BCUT2D eigenvalue weighted by atomic mass is 10.2. The van der Waals surface area contributed by atoms with Crippen LogP contribution in [0.5, 0.6) is 0 Å². The van der Waals surface area contributed by atoms with Gasteiger partial charge >= 0.3 is 0 Å². The van der Waals surface area contributed by atoms with Gasteiger partial charge in [-0.3, -0.25) is 0 Å². The van der Waals surface area contributed by atoms with Crippen LogP contribution in [0.1, 0.15) is 32.0 Å². The fraction of sp³-hybridized carbons (Fsp3) is 0.800. The third-order valence-corrected chi connectivity index (χ3v) is 2.76. The first-order valence-corrected chi connectivity index (χ1v) is 6.15. The number of methoxy groups -OCH3 is 1. The van der Waals surface area contributed by atoms with Crippen LogP contribution in [-0.2, 0) is 4.74 Å². The van der Waals surface area contributed by atoms with E-state index in [4.69, 9.17) is 4.74 Å². The van der Waals surface area contributed by atoms with Crippen LogP contribution in [0, 0.1) is 0 Å². The number of hydrogen-bond acceptors (Lipinski definition) is 6. The molecule has 0 radical (unpaired) electrons. The number of nitrogens with zero attached hydrogens (tertiary/aromatic N) is 2. The standard InChI is InChI=1S/C10H19N3O2S/c1-7(2)9-12-10(16-13-9)11-5-4-8(14)6-15-3/h7-8,14H,4-6H2,1-3H3,(H,11,12,13). The van der Waals surface area contributed by atoms with E-state index in [9.17, 15) is 5.11 Å². The molecule has 16 heavy (non-hydrogen) atoms. The average molecular weight is 245 g/mol. The Bertz CT molecular complexity index is 304. The van der Waals surface area contributed by atoms with Crippen molar-refractivity contribution in [2.45, 2.75) is 32.3 Å². The molecule has 2 N–H and O–H groups in total. The first-order valence-electron chi connectivity index (χ1n) is 5.38. The lowest BCUT2D eigenvalue weighted by Crippen LogP contribution is -2.18. The summed E-state index contributed by atoms with van der Waals surface area (Å²) in [6.45, 7) is 5.18. The molecule has 0 saturated carbocycles. The number of ether oxygens (including phenoxy) is 1. The van der Waals surface area contributed by atoms with Crippen LogP contribution in [0.2, 0.25) is 0 Å². The molecule has 1 aromatic heterocycles. The number of rotatable bonds is 7. The second-order valence-electron chi connectivity index (χ2n) is 3.94. The molecule has 1 aromatic rings. The van der Waals surface area contributed by atoms with Crippen LogP contribution in [0.3, 0.4) is 0 Å². The fourth-order valence-electron chi connectivity index (χ4n) is 1.16. The monoisotopic (exact) mass is 245 g/mol. The predicted octanol–water partition coefficient (Wildman–Crippen LogP) is 1.47. The smallest absolute Gasteiger partial charge is 0.202 e. The fourth-order valence-corrected chi connectivity index (χ4v) is 1.90. The molecule has 6 heteroatoms. The number of aliphatic hydroxyl groups excluding tert-OH is 1. The summed E-state index contributed by atoms with van der Waals surface area (Å²) in [4.78, 5) is 4.34. The molecule has 0 fully saturated rings. The molecule has 0 bridgehead atoms. The molecule has 1 heterocycles. The molecular weight excluding hydrogens is 226 g/mol. The molecular formula is C10H19N3O2S. The van der Waals surface area contributed by atoms with E-state index >= 15 is 0 Å². The third kappa shape index (κ3) is 4.42. The maximum Gasteiger partial charge on any atom is 0.202 e. The predicted molar refractivity (Wildman–Crippen MR) is 65.0 cm³/mol. The number of hydrogen-bond donors (Lipinski definition) is 2. The number of aromatic nitrogens is 2. The Morgan fingerprint density at radius 3 is 2.81 bits per heavy atom. The van der Waals surface area contributed by atoms with Gasteiger partial charge < -0.3 is 15.2 Å². The van der Waals surface area contributed by atoms with E-state index in [0.717, 1.165) is 11.0 Å². The van der Waals surface area contributed by atoms with E-state index in [1.807, 2.05) is 0 Å². The van der Waals surface area contributed by atoms with Gasteiger partial charge in [0.2, 0.25) is 5.13 Å². The van der Waals surface area contributed by atoms with Crippen molar-refractivity contribution in [2.24, 2.45) is 0 Å². The Morgan fingerprint density at radius 2 is 2.25 bits per heavy atom. The summed E-state index contributed by atoms with van der Waals surface area (Å²) < 4.78 is 9.07. The highest BCUT2D eigenvalue weighted by Crippen LogP contribution is 2.17. The van der Waals surface area contributed by atoms with Crippen LogP contribution in [0.25, 0.3) is 0 Å². The number of anilines is 1. The largest absolute Gasteiger partial charge is 0.391 e. The van der Waals surface area contributed by atoms with E-state index < -0.39 is 6.10 Å². The summed E-state index contributed by atoms with van der Waals surface area (Å²) >= 11 is 1.36. The van der Waals surface area contributed by atoms with Crippen molar-refractivity contribution in [3.8, 4) is 0 Å². The zero-order valence-corrected chi connectivity index (χ0v) is 10.8. The summed E-state index contributed by atoms with van der Waals surface area (Å²) in [5.74, 6) is 1.22. The van der Waals surface area contributed by atoms with Crippen molar-refractivity contribution >= 4 is 16.7 Å². The molecule has 0 aliphatic carbocycles. The maximum absolute atomic E-state index is 9.42. The van der Waals surface area contributed by atoms with Gasteiger partial charge in [0.1, 0.15) is 5.82 Å². The zero-order chi connectivity index (χ0) is 12.0. The lowest BCUT2D eigenvalue weighted by molar-refractivity contribution is 0.0615. The van der Waals surface area contributed by atoms with E-state index in [-0.39, 0.29) is 0 Å². The molecule has 92 valence electrons. The normalized spacial score (nSPS) is 13.1. The Labute approximate surface area is 100 Å². The Balaban J connectivity index is 2.26. The van der Waals surface area contributed by atoms with E-state index in [1.54, 1.807) is 7.11 Å². The molecule has 0 spiro atoms. The van der Waals surface area contributed by atoms with Gasteiger partial charge in [-0.25, -0.2) is 4.98 Å². The number of nitrogens with one attached hydrogen (secondary N) is 1. The minimum absolute atomic E-state index is 0.353. The van der Waals surface area contributed by atoms with Gasteiger partial charge in [0, 0.05) is 31.1 Å². The van der Waals surface area contributed by atoms with Crippen molar-refractivity contribution < 1.29 is 9.84 Å². The minimum atomic E-state index is -0.421. The number of aliphatic hydroxyl groups is 1.